The Morgan fingerprint density at radius 1 is 1.21 bits per heavy atom. The lowest BCUT2D eigenvalue weighted by atomic mass is 10.1. The summed E-state index contributed by atoms with van der Waals surface area (Å²) in [6.07, 6.45) is 0.147. The lowest BCUT2D eigenvalue weighted by Crippen LogP contribution is -2.28. The van der Waals surface area contributed by atoms with Crippen LogP contribution in [-0.4, -0.2) is 37.5 Å². The van der Waals surface area contributed by atoms with Gasteiger partial charge in [-0.05, 0) is 29.8 Å². The minimum Gasteiger partial charge on any atom is -0.493 e. The maximum Gasteiger partial charge on any atom is 0.229 e. The van der Waals surface area contributed by atoms with Crippen LogP contribution in [0.15, 0.2) is 42.5 Å². The van der Waals surface area contributed by atoms with E-state index in [9.17, 15) is 9.59 Å². The van der Waals surface area contributed by atoms with E-state index in [2.05, 4.69) is 5.32 Å². The van der Waals surface area contributed by atoms with Crippen molar-refractivity contribution in [3.05, 3.63) is 53.6 Å². The standard InChI is InChI=1S/C21H21N3O4/c1-27-18-8-7-14(9-19(18)28-2)12-24-13-16(10-20(24)25)21(26)23-17-6-4-3-5-15(17)11-22/h3-9,16H,10,12-13H2,1-2H3,(H,23,26). The highest BCUT2D eigenvalue weighted by atomic mass is 16.5. The van der Waals surface area contributed by atoms with Crippen molar-refractivity contribution in [2.24, 2.45) is 5.92 Å². The molecule has 1 aliphatic heterocycles. The molecule has 0 bridgehead atoms. The first-order chi connectivity index (χ1) is 13.5. The van der Waals surface area contributed by atoms with Crippen LogP contribution in [0.1, 0.15) is 17.5 Å². The molecule has 1 saturated heterocycles. The van der Waals surface area contributed by atoms with Gasteiger partial charge in [-0.3, -0.25) is 9.59 Å². The van der Waals surface area contributed by atoms with Gasteiger partial charge in [0.2, 0.25) is 11.8 Å². The van der Waals surface area contributed by atoms with Gasteiger partial charge < -0.3 is 19.7 Å². The molecule has 1 heterocycles. The van der Waals surface area contributed by atoms with E-state index in [4.69, 9.17) is 14.7 Å². The average Bonchev–Trinajstić information content (AvgIpc) is 3.08. The molecule has 144 valence electrons. The SMILES string of the molecule is COc1ccc(CN2CC(C(=O)Nc3ccccc3C#N)CC2=O)cc1OC. The Labute approximate surface area is 163 Å². The summed E-state index contributed by atoms with van der Waals surface area (Å²) < 4.78 is 10.5. The molecule has 2 aromatic carbocycles. The number of ether oxygens (including phenoxy) is 2. The molecular formula is C21H21N3O4. The number of amides is 2. The fourth-order valence-electron chi connectivity index (χ4n) is 3.22. The number of benzene rings is 2. The molecule has 2 aromatic rings. The minimum atomic E-state index is -0.459. The predicted octanol–water partition coefficient (Wildman–Crippen LogP) is 2.56. The fourth-order valence-corrected chi connectivity index (χ4v) is 3.22. The van der Waals surface area contributed by atoms with E-state index in [0.717, 1.165) is 5.56 Å². The predicted molar refractivity (Wildman–Crippen MR) is 103 cm³/mol. The van der Waals surface area contributed by atoms with E-state index in [1.54, 1.807) is 49.5 Å². The first-order valence-corrected chi connectivity index (χ1v) is 8.84. The molecule has 7 nitrogen and oxygen atoms in total. The quantitative estimate of drug-likeness (QED) is 0.833. The molecule has 1 aliphatic rings. The smallest absolute Gasteiger partial charge is 0.229 e. The van der Waals surface area contributed by atoms with Crippen molar-refractivity contribution < 1.29 is 19.1 Å². The van der Waals surface area contributed by atoms with Crippen LogP contribution in [-0.2, 0) is 16.1 Å². The molecule has 28 heavy (non-hydrogen) atoms. The number of likely N-dealkylation sites (tertiary alicyclic amines) is 1. The van der Waals surface area contributed by atoms with Crippen LogP contribution in [0.4, 0.5) is 5.69 Å². The van der Waals surface area contributed by atoms with Gasteiger partial charge in [-0.2, -0.15) is 5.26 Å². The molecule has 1 unspecified atom stereocenters. The van der Waals surface area contributed by atoms with Gasteiger partial charge in [0.05, 0.1) is 31.4 Å². The van der Waals surface area contributed by atoms with Crippen LogP contribution in [0.2, 0.25) is 0 Å². The largest absolute Gasteiger partial charge is 0.493 e. The summed E-state index contributed by atoms with van der Waals surface area (Å²) >= 11 is 0. The lowest BCUT2D eigenvalue weighted by Gasteiger charge is -2.18. The molecule has 1 atom stereocenters. The normalized spacial score (nSPS) is 15.8. The Morgan fingerprint density at radius 3 is 2.68 bits per heavy atom. The zero-order chi connectivity index (χ0) is 20.1. The number of anilines is 1. The second-order valence-corrected chi connectivity index (χ2v) is 6.51. The lowest BCUT2D eigenvalue weighted by molar-refractivity contribution is -0.128. The first-order valence-electron chi connectivity index (χ1n) is 8.84. The second-order valence-electron chi connectivity index (χ2n) is 6.51. The van der Waals surface area contributed by atoms with Crippen molar-refractivity contribution in [3.63, 3.8) is 0 Å². The van der Waals surface area contributed by atoms with Crippen molar-refractivity contribution in [3.8, 4) is 17.6 Å². The summed E-state index contributed by atoms with van der Waals surface area (Å²) in [5.41, 5.74) is 1.74. The van der Waals surface area contributed by atoms with Crippen molar-refractivity contribution in [2.75, 3.05) is 26.1 Å². The Kier molecular flexibility index (Phi) is 5.80. The molecular weight excluding hydrogens is 358 g/mol. The summed E-state index contributed by atoms with van der Waals surface area (Å²) in [6.45, 7) is 0.714. The van der Waals surface area contributed by atoms with Gasteiger partial charge >= 0.3 is 0 Å². The number of nitrogens with zero attached hydrogens (tertiary/aromatic N) is 2. The zero-order valence-corrected chi connectivity index (χ0v) is 15.8. The van der Waals surface area contributed by atoms with E-state index in [1.165, 1.54) is 0 Å². The van der Waals surface area contributed by atoms with Crippen LogP contribution in [0.5, 0.6) is 11.5 Å². The number of nitriles is 1. The topological polar surface area (TPSA) is 91.7 Å². The van der Waals surface area contributed by atoms with Crippen molar-refractivity contribution in [1.82, 2.24) is 4.90 Å². The molecule has 2 amide bonds. The van der Waals surface area contributed by atoms with Crippen LogP contribution >= 0.6 is 0 Å². The highest BCUT2D eigenvalue weighted by Gasteiger charge is 2.34. The van der Waals surface area contributed by atoms with Crippen molar-refractivity contribution in [2.45, 2.75) is 13.0 Å². The molecule has 0 spiro atoms. The van der Waals surface area contributed by atoms with E-state index in [-0.39, 0.29) is 18.2 Å². The summed E-state index contributed by atoms with van der Waals surface area (Å²) in [4.78, 5) is 26.6. The summed E-state index contributed by atoms with van der Waals surface area (Å²) in [5, 5.41) is 11.9. The van der Waals surface area contributed by atoms with Gasteiger partial charge in [-0.15, -0.1) is 0 Å². The third kappa shape index (κ3) is 4.07. The zero-order valence-electron chi connectivity index (χ0n) is 15.8. The average molecular weight is 379 g/mol. The van der Waals surface area contributed by atoms with E-state index >= 15 is 0 Å². The maximum absolute atomic E-state index is 12.6. The number of hydrogen-bond donors (Lipinski definition) is 1. The number of rotatable bonds is 6. The van der Waals surface area contributed by atoms with Crippen molar-refractivity contribution in [1.29, 1.82) is 5.26 Å². The van der Waals surface area contributed by atoms with Crippen LogP contribution in [0.3, 0.4) is 0 Å². The van der Waals surface area contributed by atoms with Crippen LogP contribution < -0.4 is 14.8 Å². The highest BCUT2D eigenvalue weighted by molar-refractivity contribution is 5.98. The van der Waals surface area contributed by atoms with Gasteiger partial charge in [0.1, 0.15) is 6.07 Å². The van der Waals surface area contributed by atoms with Crippen LogP contribution in [0.25, 0.3) is 0 Å². The van der Waals surface area contributed by atoms with Gasteiger partial charge in [-0.1, -0.05) is 18.2 Å². The molecule has 0 aromatic heterocycles. The second kappa shape index (κ2) is 8.44. The van der Waals surface area contributed by atoms with Gasteiger partial charge in [-0.25, -0.2) is 0 Å². The Balaban J connectivity index is 1.66. The summed E-state index contributed by atoms with van der Waals surface area (Å²) in [6, 6.07) is 14.3. The molecule has 7 heteroatoms. The Hall–Kier alpha value is -3.53. The fraction of sp³-hybridized carbons (Fsp3) is 0.286. The highest BCUT2D eigenvalue weighted by Crippen LogP contribution is 2.29. The summed E-state index contributed by atoms with van der Waals surface area (Å²) in [7, 11) is 3.12. The molecule has 1 fully saturated rings. The molecule has 3 rings (SSSR count). The Morgan fingerprint density at radius 2 is 1.96 bits per heavy atom. The molecule has 1 N–H and O–H groups in total. The Bertz CT molecular complexity index is 935. The first kappa shape index (κ1) is 19.2. The van der Waals surface area contributed by atoms with E-state index in [1.807, 2.05) is 18.2 Å². The number of carbonyl (C=O) groups excluding carboxylic acids is 2. The number of nitrogens with one attached hydrogen (secondary N) is 1. The summed E-state index contributed by atoms with van der Waals surface area (Å²) in [5.74, 6) is 0.412. The van der Waals surface area contributed by atoms with Gasteiger partial charge in [0, 0.05) is 19.5 Å². The van der Waals surface area contributed by atoms with E-state index in [0.29, 0.717) is 35.8 Å². The number of methoxy groups -OCH3 is 2. The minimum absolute atomic E-state index is 0.0801. The van der Waals surface area contributed by atoms with Crippen molar-refractivity contribution >= 4 is 17.5 Å². The van der Waals surface area contributed by atoms with Gasteiger partial charge in [0.15, 0.2) is 11.5 Å². The van der Waals surface area contributed by atoms with Crippen LogP contribution in [0, 0.1) is 17.2 Å². The maximum atomic E-state index is 12.6. The number of para-hydroxylation sites is 1. The third-order valence-corrected chi connectivity index (χ3v) is 4.71. The monoisotopic (exact) mass is 379 g/mol. The molecule has 0 saturated carbocycles. The molecule has 0 aliphatic carbocycles. The molecule has 0 radical (unpaired) electrons. The third-order valence-electron chi connectivity index (χ3n) is 4.71. The number of hydrogen-bond acceptors (Lipinski definition) is 5. The van der Waals surface area contributed by atoms with Gasteiger partial charge in [0.25, 0.3) is 0 Å². The number of carbonyl (C=O) groups is 2. The van der Waals surface area contributed by atoms with E-state index < -0.39 is 5.92 Å².